The monoisotopic (exact) mass is 571 g/mol. The zero-order valence-electron chi connectivity index (χ0n) is 23.2. The lowest BCUT2D eigenvalue weighted by Crippen LogP contribution is -2.33. The summed E-state index contributed by atoms with van der Waals surface area (Å²) in [5.41, 5.74) is 0.275. The van der Waals surface area contributed by atoms with Crippen molar-refractivity contribution in [2.24, 2.45) is 5.92 Å². The molecule has 0 atom stereocenters. The topological polar surface area (TPSA) is 84.7 Å². The van der Waals surface area contributed by atoms with Crippen molar-refractivity contribution in [1.29, 1.82) is 0 Å². The third kappa shape index (κ3) is 8.58. The number of ether oxygens (including phenoxy) is 1. The highest BCUT2D eigenvalue weighted by molar-refractivity contribution is 6.03. The molecular weight excluding hydrogens is 535 g/mol. The highest BCUT2D eigenvalue weighted by Crippen LogP contribution is 2.36. The molecule has 3 aromatic rings. The van der Waals surface area contributed by atoms with Crippen LogP contribution in [0.1, 0.15) is 79.1 Å². The Morgan fingerprint density at radius 2 is 1.56 bits per heavy atom. The molecule has 1 aliphatic heterocycles. The first-order valence-electron chi connectivity index (χ1n) is 14.1. The predicted octanol–water partition coefficient (Wildman–Crippen LogP) is 7.46. The Hall–Kier alpha value is -3.82. The van der Waals surface area contributed by atoms with Crippen LogP contribution in [0.2, 0.25) is 0 Å². The van der Waals surface area contributed by atoms with Gasteiger partial charge in [0.25, 0.3) is 11.9 Å². The number of para-hydroxylation sites is 1. The first kappa shape index (κ1) is 30.1. The van der Waals surface area contributed by atoms with Gasteiger partial charge in [-0.3, -0.25) is 9.59 Å². The van der Waals surface area contributed by atoms with Crippen LogP contribution < -0.4 is 10.2 Å². The van der Waals surface area contributed by atoms with Crippen LogP contribution in [0.4, 0.5) is 24.9 Å². The fourth-order valence-corrected chi connectivity index (χ4v) is 5.34. The molecule has 0 spiro atoms. The lowest BCUT2D eigenvalue weighted by molar-refractivity contribution is -0.142. The minimum absolute atomic E-state index is 0.0445. The fourth-order valence-electron chi connectivity index (χ4n) is 5.34. The number of nitrogens with zero attached hydrogens (tertiary/aromatic N) is 2. The lowest BCUT2D eigenvalue weighted by atomic mass is 9.87. The van der Waals surface area contributed by atoms with Crippen LogP contribution in [0.25, 0.3) is 0 Å². The minimum atomic E-state index is -4.80. The van der Waals surface area contributed by atoms with Gasteiger partial charge in [0.15, 0.2) is 5.69 Å². The fraction of sp³-hybridized carbons (Fsp3) is 0.452. The van der Waals surface area contributed by atoms with Crippen LogP contribution in [0, 0.1) is 5.92 Å². The van der Waals surface area contributed by atoms with Gasteiger partial charge in [-0.1, -0.05) is 67.8 Å². The van der Waals surface area contributed by atoms with E-state index in [0.717, 1.165) is 12.8 Å². The number of amides is 1. The molecule has 2 aromatic carbocycles. The molecule has 41 heavy (non-hydrogen) atoms. The summed E-state index contributed by atoms with van der Waals surface area (Å²) in [7, 11) is 1.46. The molecule has 10 heteroatoms. The van der Waals surface area contributed by atoms with Gasteiger partial charge < -0.3 is 19.4 Å². The van der Waals surface area contributed by atoms with Gasteiger partial charge in [-0.25, -0.2) is 0 Å². The molecule has 1 aromatic heterocycles. The number of methoxy groups -OCH3 is 1. The lowest BCUT2D eigenvalue weighted by Gasteiger charge is -2.31. The molecule has 1 saturated heterocycles. The molecule has 0 bridgehead atoms. The van der Waals surface area contributed by atoms with Gasteiger partial charge in [-0.15, -0.1) is 0 Å². The van der Waals surface area contributed by atoms with Gasteiger partial charge in [0, 0.05) is 25.2 Å². The first-order valence-corrected chi connectivity index (χ1v) is 14.1. The minimum Gasteiger partial charge on any atom is -0.469 e. The Balaban J connectivity index is 0.000000296. The smallest absolute Gasteiger partial charge is 0.437 e. The van der Waals surface area contributed by atoms with Crippen LogP contribution in [0.15, 0.2) is 65.1 Å². The molecular formula is C31H36F3N3O4. The number of alkyl halides is 3. The number of hydrogen-bond acceptors (Lipinski definition) is 6. The number of oxazole rings is 1. The van der Waals surface area contributed by atoms with E-state index < -0.39 is 23.5 Å². The molecule has 1 saturated carbocycles. The van der Waals surface area contributed by atoms with Gasteiger partial charge in [-0.05, 0) is 55.2 Å². The van der Waals surface area contributed by atoms with E-state index in [-0.39, 0.29) is 12.0 Å². The number of aromatic nitrogens is 1. The van der Waals surface area contributed by atoms with Gasteiger partial charge in [0.1, 0.15) is 0 Å². The Kier molecular flexibility index (Phi) is 10.4. The summed E-state index contributed by atoms with van der Waals surface area (Å²) in [6.45, 7) is 0.994. The Labute approximate surface area is 238 Å². The van der Waals surface area contributed by atoms with Gasteiger partial charge in [0.2, 0.25) is 5.76 Å². The molecule has 220 valence electrons. The van der Waals surface area contributed by atoms with E-state index in [0.29, 0.717) is 37.0 Å². The summed E-state index contributed by atoms with van der Waals surface area (Å²) in [5.74, 6) is -0.911. The second-order valence-electron chi connectivity index (χ2n) is 10.4. The molecule has 7 nitrogen and oxygen atoms in total. The number of anilines is 2. The van der Waals surface area contributed by atoms with E-state index in [2.05, 4.69) is 27.2 Å². The summed E-state index contributed by atoms with van der Waals surface area (Å²) >= 11 is 0. The largest absolute Gasteiger partial charge is 0.469 e. The normalized spacial score (nSPS) is 16.4. The Morgan fingerprint density at radius 3 is 2.15 bits per heavy atom. The van der Waals surface area contributed by atoms with E-state index in [1.165, 1.54) is 44.8 Å². The summed E-state index contributed by atoms with van der Waals surface area (Å²) in [6, 6.07) is 18.1. The summed E-state index contributed by atoms with van der Waals surface area (Å²) in [6.07, 6.45) is 3.73. The average Bonchev–Trinajstić information content (AvgIpc) is 3.46. The number of piperidine rings is 1. The molecule has 1 N–H and O–H groups in total. The van der Waals surface area contributed by atoms with Gasteiger partial charge >= 0.3 is 12.1 Å². The van der Waals surface area contributed by atoms with Crippen molar-refractivity contribution >= 4 is 23.6 Å². The van der Waals surface area contributed by atoms with Crippen molar-refractivity contribution in [3.05, 3.63) is 77.7 Å². The van der Waals surface area contributed by atoms with E-state index in [1.807, 2.05) is 18.2 Å². The van der Waals surface area contributed by atoms with Crippen molar-refractivity contribution in [2.45, 2.75) is 63.5 Å². The van der Waals surface area contributed by atoms with E-state index in [9.17, 15) is 22.8 Å². The van der Waals surface area contributed by atoms with Crippen LogP contribution in [-0.2, 0) is 15.7 Å². The standard InChI is InChI=1S/C22H20F3N3O2.C9H16O2/c23-22(24,25)19-18(20(29)26-17-9-5-2-6-10-17)30-21(27-19)28-13-11-16(12-14-28)15-7-3-1-4-8-15;1-11-9(10)7-8-5-3-2-4-6-8/h1-10,16H,11-14H2,(H,26,29);8H,2-7H2,1H3. The number of carbonyl (C=O) groups is 2. The number of nitrogens with one attached hydrogen (secondary N) is 1. The molecule has 2 fully saturated rings. The number of benzene rings is 2. The Bertz CT molecular complexity index is 1250. The third-order valence-electron chi connectivity index (χ3n) is 7.57. The number of rotatable bonds is 6. The molecule has 1 amide bonds. The molecule has 1 aliphatic carbocycles. The molecule has 2 aliphatic rings. The zero-order valence-corrected chi connectivity index (χ0v) is 23.2. The highest BCUT2D eigenvalue weighted by Gasteiger charge is 2.42. The molecule has 2 heterocycles. The van der Waals surface area contributed by atoms with Crippen LogP contribution in [0.3, 0.4) is 0 Å². The van der Waals surface area contributed by atoms with Crippen molar-refractivity contribution < 1.29 is 31.9 Å². The number of carbonyl (C=O) groups excluding carboxylic acids is 2. The quantitative estimate of drug-likeness (QED) is 0.309. The number of esters is 1. The van der Waals surface area contributed by atoms with Crippen molar-refractivity contribution in [2.75, 3.05) is 30.4 Å². The van der Waals surface area contributed by atoms with E-state index >= 15 is 0 Å². The third-order valence-corrected chi connectivity index (χ3v) is 7.57. The van der Waals surface area contributed by atoms with Gasteiger partial charge in [-0.2, -0.15) is 18.2 Å². The summed E-state index contributed by atoms with van der Waals surface area (Å²) in [4.78, 5) is 28.6. The van der Waals surface area contributed by atoms with E-state index in [4.69, 9.17) is 4.42 Å². The molecule has 0 radical (unpaired) electrons. The first-order chi connectivity index (χ1) is 19.7. The van der Waals surface area contributed by atoms with Crippen molar-refractivity contribution in [1.82, 2.24) is 4.98 Å². The summed E-state index contributed by atoms with van der Waals surface area (Å²) < 4.78 is 50.4. The maximum Gasteiger partial charge on any atom is 0.437 e. The highest BCUT2D eigenvalue weighted by atomic mass is 19.4. The molecule has 5 rings (SSSR count). The van der Waals surface area contributed by atoms with Crippen LogP contribution in [0.5, 0.6) is 0 Å². The van der Waals surface area contributed by atoms with Crippen LogP contribution in [-0.4, -0.2) is 37.1 Å². The molecule has 0 unspecified atom stereocenters. The van der Waals surface area contributed by atoms with Crippen LogP contribution >= 0.6 is 0 Å². The Morgan fingerprint density at radius 1 is 0.951 bits per heavy atom. The number of halogens is 3. The maximum absolute atomic E-state index is 13.5. The summed E-state index contributed by atoms with van der Waals surface area (Å²) in [5, 5.41) is 2.42. The maximum atomic E-state index is 13.5. The van der Waals surface area contributed by atoms with Crippen molar-refractivity contribution in [3.8, 4) is 0 Å². The average molecular weight is 572 g/mol. The second kappa shape index (κ2) is 14.2. The second-order valence-corrected chi connectivity index (χ2v) is 10.4. The van der Waals surface area contributed by atoms with E-state index in [1.54, 1.807) is 35.2 Å². The SMILES string of the molecule is COC(=O)CC1CCCCC1.O=C(Nc1ccccc1)c1oc(N2CCC(c3ccccc3)CC2)nc1C(F)(F)F. The van der Waals surface area contributed by atoms with Gasteiger partial charge in [0.05, 0.1) is 7.11 Å². The predicted molar refractivity (Wildman–Crippen MR) is 150 cm³/mol. The number of hydrogen-bond donors (Lipinski definition) is 1. The zero-order chi connectivity index (χ0) is 29.2. The van der Waals surface area contributed by atoms with Crippen molar-refractivity contribution in [3.63, 3.8) is 0 Å².